The van der Waals surface area contributed by atoms with Crippen LogP contribution in [0.25, 0.3) is 5.57 Å². The smallest absolute Gasteiger partial charge is 0.230 e. The molecule has 0 radical (unpaired) electrons. The minimum atomic E-state index is 0.0889. The van der Waals surface area contributed by atoms with Crippen LogP contribution in [-0.2, 0) is 9.47 Å². The van der Waals surface area contributed by atoms with Gasteiger partial charge in [0.2, 0.25) is 11.8 Å². The summed E-state index contributed by atoms with van der Waals surface area (Å²) < 4.78 is 11.4. The first-order valence-electron chi connectivity index (χ1n) is 13.9. The van der Waals surface area contributed by atoms with Crippen LogP contribution in [0.5, 0.6) is 0 Å². The lowest BCUT2D eigenvalue weighted by Crippen LogP contribution is -2.56. The highest BCUT2D eigenvalue weighted by molar-refractivity contribution is 6.01. The van der Waals surface area contributed by atoms with E-state index >= 15 is 0 Å². The van der Waals surface area contributed by atoms with Crippen LogP contribution in [0.3, 0.4) is 0 Å². The van der Waals surface area contributed by atoms with Crippen LogP contribution < -0.4 is 10.2 Å². The zero-order chi connectivity index (χ0) is 26.6. The lowest BCUT2D eigenvalue weighted by atomic mass is 9.94. The van der Waals surface area contributed by atoms with Gasteiger partial charge in [0.05, 0.1) is 25.3 Å². The molecule has 1 saturated carbocycles. The lowest BCUT2D eigenvalue weighted by Gasteiger charge is -2.43. The number of hydrogen-bond acceptors (Lipinski definition) is 10. The number of aromatic nitrogens is 3. The Morgan fingerprint density at radius 2 is 1.87 bits per heavy atom. The van der Waals surface area contributed by atoms with Crippen LogP contribution in [0.15, 0.2) is 53.3 Å². The minimum Gasteiger partial charge on any atom is -0.471 e. The molecule has 10 heteroatoms. The van der Waals surface area contributed by atoms with Gasteiger partial charge in [-0.05, 0) is 56.5 Å². The van der Waals surface area contributed by atoms with Crippen LogP contribution >= 0.6 is 0 Å². The molecule has 3 fully saturated rings. The Labute approximate surface area is 229 Å². The Kier molecular flexibility index (Phi) is 7.52. The molecule has 3 aliphatic heterocycles. The summed E-state index contributed by atoms with van der Waals surface area (Å²) in [4.78, 5) is 22.9. The number of hydrogen-bond donors (Lipinski definition) is 1. The number of fused-ring (bicyclic) bond motifs is 1. The molecule has 0 spiro atoms. The molecule has 4 aliphatic rings. The van der Waals surface area contributed by atoms with Crippen molar-refractivity contribution in [3.05, 3.63) is 54.1 Å². The second-order valence-electron chi connectivity index (χ2n) is 10.4. The summed E-state index contributed by atoms with van der Waals surface area (Å²) in [6.07, 6.45) is 9.51. The minimum absolute atomic E-state index is 0.0889. The second-order valence-corrected chi connectivity index (χ2v) is 10.4. The Morgan fingerprint density at radius 1 is 1.08 bits per heavy atom. The SMILES string of the molecule is C/C=C(\C=C(\C#N)C1=N[C@@H]2CCCCC2O1)c1ncnc(Nc2ccc(N3CCN(C4COC4)CC3)cc2)n1. The molecule has 1 aliphatic carbocycles. The van der Waals surface area contributed by atoms with Gasteiger partial charge >= 0.3 is 0 Å². The average Bonchev–Trinajstić information content (AvgIpc) is 3.38. The highest BCUT2D eigenvalue weighted by Gasteiger charge is 2.34. The molecule has 0 amide bonds. The van der Waals surface area contributed by atoms with Gasteiger partial charge in [0.1, 0.15) is 24.1 Å². The molecule has 1 aromatic carbocycles. The van der Waals surface area contributed by atoms with E-state index < -0.39 is 0 Å². The summed E-state index contributed by atoms with van der Waals surface area (Å²) in [6.45, 7) is 7.80. The fourth-order valence-electron chi connectivity index (χ4n) is 5.55. The molecule has 0 bridgehead atoms. The standard InChI is InChI=1S/C29H34N8O2/c1-2-20(15-21(16-30)28-34-25-5-3-4-6-26(25)39-28)27-31-19-32-29(35-27)33-22-7-9-23(10-8-22)36-11-13-37(14-12-36)24-17-38-18-24/h2,7-10,15,19,24-26H,3-6,11-14,17-18H2,1H3,(H,31,32,33,35)/b20-2+,21-15-/t25-,26?/m1/s1. The van der Waals surface area contributed by atoms with Gasteiger partial charge in [0.25, 0.3) is 0 Å². The van der Waals surface area contributed by atoms with E-state index in [-0.39, 0.29) is 12.1 Å². The number of nitriles is 1. The summed E-state index contributed by atoms with van der Waals surface area (Å²) in [5, 5.41) is 13.1. The Hall–Kier alpha value is -3.81. The number of rotatable bonds is 7. The maximum absolute atomic E-state index is 9.85. The molecule has 4 heterocycles. The van der Waals surface area contributed by atoms with Crippen molar-refractivity contribution in [2.24, 2.45) is 4.99 Å². The third-order valence-electron chi connectivity index (χ3n) is 7.95. The van der Waals surface area contributed by atoms with Crippen LogP contribution in [0.4, 0.5) is 17.3 Å². The van der Waals surface area contributed by atoms with E-state index in [0.29, 0.717) is 34.9 Å². The van der Waals surface area contributed by atoms with Crippen molar-refractivity contribution >= 4 is 28.8 Å². The van der Waals surface area contributed by atoms with Gasteiger partial charge in [-0.2, -0.15) is 10.2 Å². The average molecular weight is 527 g/mol. The Morgan fingerprint density at radius 3 is 2.56 bits per heavy atom. The number of allylic oxidation sites excluding steroid dienone is 3. The number of ether oxygens (including phenoxy) is 2. The molecule has 6 rings (SSSR count). The van der Waals surface area contributed by atoms with E-state index in [2.05, 4.69) is 48.3 Å². The van der Waals surface area contributed by atoms with Crippen LogP contribution in [0, 0.1) is 11.3 Å². The Balaban J connectivity index is 1.11. The molecule has 1 N–H and O–H groups in total. The topological polar surface area (TPSA) is 112 Å². The number of benzene rings is 1. The maximum Gasteiger partial charge on any atom is 0.230 e. The fourth-order valence-corrected chi connectivity index (χ4v) is 5.55. The highest BCUT2D eigenvalue weighted by Crippen LogP contribution is 2.31. The van der Waals surface area contributed by atoms with E-state index in [1.165, 1.54) is 12.0 Å². The summed E-state index contributed by atoms with van der Waals surface area (Å²) in [5.74, 6) is 1.35. The van der Waals surface area contributed by atoms with E-state index in [0.717, 1.165) is 70.8 Å². The van der Waals surface area contributed by atoms with E-state index in [9.17, 15) is 5.26 Å². The summed E-state index contributed by atoms with van der Waals surface area (Å²) >= 11 is 0. The van der Waals surface area contributed by atoms with Gasteiger partial charge in [0, 0.05) is 43.1 Å². The van der Waals surface area contributed by atoms with Gasteiger partial charge in [-0.1, -0.05) is 12.5 Å². The first-order valence-corrected chi connectivity index (χ1v) is 13.9. The predicted octanol–water partition coefficient (Wildman–Crippen LogP) is 3.73. The van der Waals surface area contributed by atoms with Crippen LogP contribution in [0.1, 0.15) is 38.4 Å². The van der Waals surface area contributed by atoms with Crippen LogP contribution in [-0.4, -0.2) is 83.3 Å². The zero-order valence-electron chi connectivity index (χ0n) is 22.3. The first-order chi connectivity index (χ1) is 19.2. The van der Waals surface area contributed by atoms with Gasteiger partial charge < -0.3 is 19.7 Å². The van der Waals surface area contributed by atoms with Crippen molar-refractivity contribution in [2.45, 2.75) is 50.8 Å². The van der Waals surface area contributed by atoms with E-state index in [1.807, 2.05) is 25.1 Å². The normalized spacial score (nSPS) is 24.3. The van der Waals surface area contributed by atoms with E-state index in [1.54, 1.807) is 6.08 Å². The molecule has 2 aromatic rings. The van der Waals surface area contributed by atoms with Crippen molar-refractivity contribution in [1.82, 2.24) is 19.9 Å². The second kappa shape index (κ2) is 11.5. The molecular weight excluding hydrogens is 492 g/mol. The predicted molar refractivity (Wildman–Crippen MR) is 150 cm³/mol. The molecule has 1 aromatic heterocycles. The monoisotopic (exact) mass is 526 g/mol. The third-order valence-corrected chi connectivity index (χ3v) is 7.95. The molecule has 2 atom stereocenters. The zero-order valence-corrected chi connectivity index (χ0v) is 22.3. The Bertz CT molecular complexity index is 1300. The summed E-state index contributed by atoms with van der Waals surface area (Å²) in [6, 6.07) is 11.4. The lowest BCUT2D eigenvalue weighted by molar-refractivity contribution is -0.0660. The fraction of sp³-hybridized carbons (Fsp3) is 0.483. The molecule has 2 saturated heterocycles. The quantitative estimate of drug-likeness (QED) is 0.426. The van der Waals surface area contributed by atoms with Crippen LogP contribution in [0.2, 0.25) is 0 Å². The van der Waals surface area contributed by atoms with Crippen molar-refractivity contribution < 1.29 is 9.47 Å². The number of aliphatic imine (C=N–C) groups is 1. The molecular formula is C29H34N8O2. The molecule has 1 unspecified atom stereocenters. The summed E-state index contributed by atoms with van der Waals surface area (Å²) in [5.41, 5.74) is 3.21. The third kappa shape index (κ3) is 5.65. The number of nitrogens with one attached hydrogen (secondary N) is 1. The highest BCUT2D eigenvalue weighted by atomic mass is 16.5. The van der Waals surface area contributed by atoms with Gasteiger partial charge in [-0.15, -0.1) is 0 Å². The molecule has 39 heavy (non-hydrogen) atoms. The number of nitrogens with zero attached hydrogens (tertiary/aromatic N) is 7. The van der Waals surface area contributed by atoms with Gasteiger partial charge in [0.15, 0.2) is 5.82 Å². The first kappa shape index (κ1) is 25.5. The number of piperazine rings is 1. The molecule has 10 nitrogen and oxygen atoms in total. The van der Waals surface area contributed by atoms with Gasteiger partial charge in [-0.3, -0.25) is 4.90 Å². The van der Waals surface area contributed by atoms with Crippen molar-refractivity contribution in [3.8, 4) is 6.07 Å². The van der Waals surface area contributed by atoms with Crippen molar-refractivity contribution in [1.29, 1.82) is 5.26 Å². The summed E-state index contributed by atoms with van der Waals surface area (Å²) in [7, 11) is 0. The maximum atomic E-state index is 9.85. The van der Waals surface area contributed by atoms with Crippen molar-refractivity contribution in [2.75, 3.05) is 49.6 Å². The molecule has 202 valence electrons. The largest absolute Gasteiger partial charge is 0.471 e. The number of anilines is 3. The van der Waals surface area contributed by atoms with Crippen molar-refractivity contribution in [3.63, 3.8) is 0 Å². The van der Waals surface area contributed by atoms with Gasteiger partial charge in [-0.25, -0.2) is 15.0 Å². The van der Waals surface area contributed by atoms with E-state index in [4.69, 9.17) is 14.5 Å².